The average Bonchev–Trinajstić information content (AvgIpc) is 3.10. The van der Waals surface area contributed by atoms with Crippen molar-refractivity contribution in [2.45, 2.75) is 13.3 Å². The number of hydrogen-bond acceptors (Lipinski definition) is 4. The summed E-state index contributed by atoms with van der Waals surface area (Å²) in [5.74, 6) is 0.120. The van der Waals surface area contributed by atoms with Crippen LogP contribution in [0.15, 0.2) is 72.3 Å². The van der Waals surface area contributed by atoms with Gasteiger partial charge < -0.3 is 9.47 Å². The number of para-hydroxylation sites is 1. The van der Waals surface area contributed by atoms with Crippen LogP contribution in [0.25, 0.3) is 6.08 Å². The predicted molar refractivity (Wildman–Crippen MR) is 133 cm³/mol. The number of carbonyl (C=O) groups excluding carboxylic acids is 2. The molecule has 1 aliphatic rings. The summed E-state index contributed by atoms with van der Waals surface area (Å²) < 4.78 is 11.6. The molecule has 8 heteroatoms. The largest absolute Gasteiger partial charge is 0.493 e. The summed E-state index contributed by atoms with van der Waals surface area (Å²) in [7, 11) is 0. The van der Waals surface area contributed by atoms with Gasteiger partial charge in [0.15, 0.2) is 0 Å². The zero-order chi connectivity index (χ0) is 24.1. The first-order valence-electron chi connectivity index (χ1n) is 10.7. The summed E-state index contributed by atoms with van der Waals surface area (Å²) >= 11 is 12.6. The Morgan fingerprint density at radius 1 is 0.941 bits per heavy atom. The number of carbonyl (C=O) groups is 2. The smallest absolute Gasteiger partial charge is 0.282 e. The molecule has 34 heavy (non-hydrogen) atoms. The third kappa shape index (κ3) is 5.53. The van der Waals surface area contributed by atoms with E-state index in [9.17, 15) is 9.59 Å². The highest BCUT2D eigenvalue weighted by atomic mass is 35.5. The Morgan fingerprint density at radius 3 is 2.38 bits per heavy atom. The number of halogens is 2. The maximum Gasteiger partial charge on any atom is 0.282 e. The molecule has 174 valence electrons. The van der Waals surface area contributed by atoms with Crippen LogP contribution in [-0.2, 0) is 9.59 Å². The fraction of sp³-hybridized carbons (Fsp3) is 0.154. The first-order chi connectivity index (χ1) is 16.4. The molecular weight excluding hydrogens is 475 g/mol. The SMILES string of the molecule is Cc1ccc(OCCCOc2c(Cl)cc(Cl)cc2/C=C2/C(=O)NN(c3ccccc3)C2=O)cc1. The van der Waals surface area contributed by atoms with E-state index in [1.54, 1.807) is 36.4 Å². The van der Waals surface area contributed by atoms with Crippen LogP contribution in [0.1, 0.15) is 17.5 Å². The molecule has 1 aliphatic heterocycles. The van der Waals surface area contributed by atoms with E-state index in [0.717, 1.165) is 11.3 Å². The Hall–Kier alpha value is -3.48. The minimum Gasteiger partial charge on any atom is -0.493 e. The van der Waals surface area contributed by atoms with Gasteiger partial charge in [-0.05, 0) is 49.4 Å². The number of ether oxygens (including phenoxy) is 2. The van der Waals surface area contributed by atoms with Crippen molar-refractivity contribution < 1.29 is 19.1 Å². The van der Waals surface area contributed by atoms with E-state index in [2.05, 4.69) is 5.43 Å². The molecule has 0 aromatic heterocycles. The fourth-order valence-corrected chi connectivity index (χ4v) is 3.93. The number of amides is 2. The van der Waals surface area contributed by atoms with E-state index >= 15 is 0 Å². The molecule has 1 fully saturated rings. The van der Waals surface area contributed by atoms with Gasteiger partial charge in [0.25, 0.3) is 11.8 Å². The van der Waals surface area contributed by atoms with Gasteiger partial charge in [0.1, 0.15) is 17.1 Å². The van der Waals surface area contributed by atoms with Gasteiger partial charge in [0.05, 0.1) is 23.9 Å². The van der Waals surface area contributed by atoms with Crippen molar-refractivity contribution >= 4 is 46.8 Å². The van der Waals surface area contributed by atoms with Crippen molar-refractivity contribution in [3.8, 4) is 11.5 Å². The molecule has 0 aliphatic carbocycles. The van der Waals surface area contributed by atoms with Gasteiger partial charge in [-0.1, -0.05) is 59.1 Å². The Morgan fingerprint density at radius 2 is 1.65 bits per heavy atom. The Kier molecular flexibility index (Phi) is 7.40. The molecule has 6 nitrogen and oxygen atoms in total. The van der Waals surface area contributed by atoms with Crippen LogP contribution in [0.2, 0.25) is 10.0 Å². The van der Waals surface area contributed by atoms with Gasteiger partial charge >= 0.3 is 0 Å². The standard InChI is InChI=1S/C26H22Cl2N2O4/c1-17-8-10-21(11-9-17)33-12-5-13-34-24-18(14-19(27)16-23(24)28)15-22-25(31)29-30(26(22)32)20-6-3-2-4-7-20/h2-4,6-11,14-16H,5,12-13H2,1H3,(H,29,31)/b22-15-. The zero-order valence-corrected chi connectivity index (χ0v) is 19.9. The second-order valence-corrected chi connectivity index (χ2v) is 8.49. The fourth-order valence-electron chi connectivity index (χ4n) is 3.37. The highest BCUT2D eigenvalue weighted by Crippen LogP contribution is 2.35. The molecule has 1 saturated heterocycles. The first-order valence-corrected chi connectivity index (χ1v) is 11.4. The summed E-state index contributed by atoms with van der Waals surface area (Å²) in [6, 6.07) is 19.8. The van der Waals surface area contributed by atoms with E-state index in [-0.39, 0.29) is 10.6 Å². The van der Waals surface area contributed by atoms with Crippen molar-refractivity contribution in [2.75, 3.05) is 18.2 Å². The van der Waals surface area contributed by atoms with Crippen LogP contribution in [0.5, 0.6) is 11.5 Å². The van der Waals surface area contributed by atoms with Crippen LogP contribution in [0.4, 0.5) is 5.69 Å². The molecule has 0 spiro atoms. The van der Waals surface area contributed by atoms with E-state index in [4.69, 9.17) is 32.7 Å². The van der Waals surface area contributed by atoms with Crippen LogP contribution >= 0.6 is 23.2 Å². The summed E-state index contributed by atoms with van der Waals surface area (Å²) in [4.78, 5) is 25.5. The number of aryl methyl sites for hydroxylation is 1. The normalized spacial score (nSPS) is 14.4. The molecule has 0 atom stereocenters. The molecule has 4 rings (SSSR count). The molecule has 1 heterocycles. The number of benzene rings is 3. The van der Waals surface area contributed by atoms with E-state index < -0.39 is 11.8 Å². The molecular formula is C26H22Cl2N2O4. The molecule has 3 aromatic rings. The molecule has 0 unspecified atom stereocenters. The Bertz CT molecular complexity index is 1230. The first kappa shape index (κ1) is 23.7. The third-order valence-corrected chi connectivity index (χ3v) is 5.57. The lowest BCUT2D eigenvalue weighted by molar-refractivity contribution is -0.117. The quantitative estimate of drug-likeness (QED) is 0.250. The number of rotatable bonds is 8. The van der Waals surface area contributed by atoms with Gasteiger partial charge in [-0.3, -0.25) is 15.0 Å². The van der Waals surface area contributed by atoms with Crippen molar-refractivity contribution in [3.05, 3.63) is 93.5 Å². The summed E-state index contributed by atoms with van der Waals surface area (Å²) in [6.45, 7) is 2.79. The van der Waals surface area contributed by atoms with Crippen molar-refractivity contribution in [1.82, 2.24) is 5.43 Å². The maximum atomic E-state index is 12.9. The summed E-state index contributed by atoms with van der Waals surface area (Å²) in [6.07, 6.45) is 2.04. The number of nitrogens with one attached hydrogen (secondary N) is 1. The maximum absolute atomic E-state index is 12.9. The van der Waals surface area contributed by atoms with Crippen molar-refractivity contribution in [1.29, 1.82) is 0 Å². The second-order valence-electron chi connectivity index (χ2n) is 7.64. The number of anilines is 1. The van der Waals surface area contributed by atoms with Crippen LogP contribution in [0.3, 0.4) is 0 Å². The lowest BCUT2D eigenvalue weighted by Gasteiger charge is -2.14. The molecule has 0 bridgehead atoms. The van der Waals surface area contributed by atoms with Crippen LogP contribution < -0.4 is 19.9 Å². The average molecular weight is 497 g/mol. The van der Waals surface area contributed by atoms with Gasteiger partial charge in [-0.25, -0.2) is 5.01 Å². The molecule has 3 aromatic carbocycles. The Balaban J connectivity index is 1.47. The highest BCUT2D eigenvalue weighted by molar-refractivity contribution is 6.36. The molecule has 2 amide bonds. The minimum atomic E-state index is -0.526. The molecule has 0 saturated carbocycles. The molecule has 0 radical (unpaired) electrons. The monoisotopic (exact) mass is 496 g/mol. The lowest BCUT2D eigenvalue weighted by atomic mass is 10.1. The highest BCUT2D eigenvalue weighted by Gasteiger charge is 2.34. The third-order valence-electron chi connectivity index (χ3n) is 5.07. The second kappa shape index (κ2) is 10.6. The summed E-state index contributed by atoms with van der Waals surface area (Å²) in [5, 5.41) is 1.84. The van der Waals surface area contributed by atoms with E-state index in [1.165, 1.54) is 11.1 Å². The van der Waals surface area contributed by atoms with Crippen molar-refractivity contribution in [2.24, 2.45) is 0 Å². The van der Waals surface area contributed by atoms with Crippen LogP contribution in [0, 0.1) is 6.92 Å². The van der Waals surface area contributed by atoms with Gasteiger partial charge in [0, 0.05) is 17.0 Å². The van der Waals surface area contributed by atoms with Gasteiger partial charge in [-0.15, -0.1) is 0 Å². The number of hydrogen-bond donors (Lipinski definition) is 1. The zero-order valence-electron chi connectivity index (χ0n) is 18.4. The van der Waals surface area contributed by atoms with Crippen molar-refractivity contribution in [3.63, 3.8) is 0 Å². The molecule has 1 N–H and O–H groups in total. The summed E-state index contributed by atoms with van der Waals surface area (Å²) in [5.41, 5.74) is 4.68. The number of nitrogens with zero attached hydrogens (tertiary/aromatic N) is 1. The van der Waals surface area contributed by atoms with Crippen LogP contribution in [-0.4, -0.2) is 25.0 Å². The minimum absolute atomic E-state index is 0.0465. The Labute approximate surface area is 207 Å². The lowest BCUT2D eigenvalue weighted by Crippen LogP contribution is -2.35. The topological polar surface area (TPSA) is 67.9 Å². The number of hydrazine groups is 1. The predicted octanol–water partition coefficient (Wildman–Crippen LogP) is 5.61. The van der Waals surface area contributed by atoms with Gasteiger partial charge in [-0.2, -0.15) is 0 Å². The van der Waals surface area contributed by atoms with E-state index in [0.29, 0.717) is 41.7 Å². The van der Waals surface area contributed by atoms with Gasteiger partial charge in [0.2, 0.25) is 0 Å². The van der Waals surface area contributed by atoms with E-state index in [1.807, 2.05) is 37.3 Å².